The fourth-order valence-corrected chi connectivity index (χ4v) is 2.80. The Morgan fingerprint density at radius 3 is 2.11 bits per heavy atom. The summed E-state index contributed by atoms with van der Waals surface area (Å²) < 4.78 is 30.7. The molecule has 5 heteroatoms. The number of methoxy groups -OCH3 is 1. The first kappa shape index (κ1) is 16.1. The van der Waals surface area contributed by atoms with E-state index in [-0.39, 0.29) is 5.41 Å². The van der Waals surface area contributed by atoms with Gasteiger partial charge in [0.15, 0.2) is 0 Å². The lowest BCUT2D eigenvalue weighted by Gasteiger charge is -2.20. The molecule has 19 heavy (non-hydrogen) atoms. The van der Waals surface area contributed by atoms with Crippen LogP contribution in [0.5, 0.6) is 0 Å². The summed E-state index contributed by atoms with van der Waals surface area (Å²) in [6.07, 6.45) is 0. The number of hydrogen-bond acceptors (Lipinski definition) is 3. The first-order valence-corrected chi connectivity index (χ1v) is 7.69. The largest absolute Gasteiger partial charge is 0.383 e. The van der Waals surface area contributed by atoms with Gasteiger partial charge >= 0.3 is 0 Å². The normalized spacial score (nSPS) is 12.9. The van der Waals surface area contributed by atoms with Gasteiger partial charge in [0.05, 0.1) is 11.5 Å². The standard InChI is InChI=1S/C14H23NO3S/c1-14(2,3)12-6-8-13(9-7-12)19(16,17)15(4)10-11-18-5/h6-9H,10-11H2,1-5H3. The molecule has 0 fully saturated rings. The second-order valence-electron chi connectivity index (χ2n) is 5.59. The highest BCUT2D eigenvalue weighted by Gasteiger charge is 2.21. The van der Waals surface area contributed by atoms with Gasteiger partial charge in [-0.3, -0.25) is 0 Å². The van der Waals surface area contributed by atoms with Crippen LogP contribution in [-0.2, 0) is 20.2 Å². The van der Waals surface area contributed by atoms with Crippen LogP contribution in [-0.4, -0.2) is 40.0 Å². The molecule has 0 aliphatic rings. The van der Waals surface area contributed by atoms with E-state index in [4.69, 9.17) is 4.74 Å². The molecule has 0 heterocycles. The Morgan fingerprint density at radius 2 is 1.68 bits per heavy atom. The van der Waals surface area contributed by atoms with Gasteiger partial charge in [0.1, 0.15) is 0 Å². The van der Waals surface area contributed by atoms with Crippen molar-refractivity contribution in [2.75, 3.05) is 27.3 Å². The van der Waals surface area contributed by atoms with Crippen molar-refractivity contribution in [3.05, 3.63) is 29.8 Å². The fraction of sp³-hybridized carbons (Fsp3) is 0.571. The maximum Gasteiger partial charge on any atom is 0.242 e. The van der Waals surface area contributed by atoms with E-state index in [1.165, 1.54) is 4.31 Å². The molecule has 1 aromatic carbocycles. The van der Waals surface area contributed by atoms with E-state index in [1.54, 1.807) is 26.3 Å². The number of sulfonamides is 1. The van der Waals surface area contributed by atoms with Crippen LogP contribution in [0.4, 0.5) is 0 Å². The Kier molecular flexibility index (Phi) is 5.12. The number of likely N-dealkylation sites (N-methyl/N-ethyl adjacent to an activating group) is 1. The quantitative estimate of drug-likeness (QED) is 0.833. The predicted molar refractivity (Wildman–Crippen MR) is 76.8 cm³/mol. The highest BCUT2D eigenvalue weighted by Crippen LogP contribution is 2.24. The Balaban J connectivity index is 2.97. The molecule has 1 aromatic rings. The third-order valence-electron chi connectivity index (χ3n) is 3.04. The maximum absolute atomic E-state index is 12.3. The number of benzene rings is 1. The summed E-state index contributed by atoms with van der Waals surface area (Å²) in [5.74, 6) is 0. The second kappa shape index (κ2) is 6.03. The molecule has 0 aliphatic heterocycles. The van der Waals surface area contributed by atoms with Gasteiger partial charge < -0.3 is 4.74 Å². The summed E-state index contributed by atoms with van der Waals surface area (Å²) in [5, 5.41) is 0. The summed E-state index contributed by atoms with van der Waals surface area (Å²) >= 11 is 0. The van der Waals surface area contributed by atoms with E-state index in [2.05, 4.69) is 20.8 Å². The minimum absolute atomic E-state index is 0.0181. The van der Waals surface area contributed by atoms with E-state index in [1.807, 2.05) is 12.1 Å². The van der Waals surface area contributed by atoms with E-state index in [9.17, 15) is 8.42 Å². The molecular weight excluding hydrogens is 262 g/mol. The van der Waals surface area contributed by atoms with Crippen LogP contribution in [0, 0.1) is 0 Å². The van der Waals surface area contributed by atoms with Gasteiger partial charge in [0.2, 0.25) is 10.0 Å². The maximum atomic E-state index is 12.3. The van der Waals surface area contributed by atoms with Crippen LogP contribution in [0.1, 0.15) is 26.3 Å². The van der Waals surface area contributed by atoms with Crippen LogP contribution in [0.3, 0.4) is 0 Å². The Morgan fingerprint density at radius 1 is 1.16 bits per heavy atom. The molecule has 0 aliphatic carbocycles. The van der Waals surface area contributed by atoms with Crippen molar-refractivity contribution < 1.29 is 13.2 Å². The van der Waals surface area contributed by atoms with E-state index in [0.29, 0.717) is 18.0 Å². The molecule has 0 amide bonds. The van der Waals surface area contributed by atoms with Crippen LogP contribution < -0.4 is 0 Å². The van der Waals surface area contributed by atoms with Crippen molar-refractivity contribution >= 4 is 10.0 Å². The van der Waals surface area contributed by atoms with E-state index >= 15 is 0 Å². The molecule has 4 nitrogen and oxygen atoms in total. The lowest BCUT2D eigenvalue weighted by molar-refractivity contribution is 0.185. The van der Waals surface area contributed by atoms with E-state index in [0.717, 1.165) is 5.56 Å². The topological polar surface area (TPSA) is 46.6 Å². The Labute approximate surface area is 116 Å². The third-order valence-corrected chi connectivity index (χ3v) is 4.91. The smallest absolute Gasteiger partial charge is 0.242 e. The van der Waals surface area contributed by atoms with E-state index < -0.39 is 10.0 Å². The second-order valence-corrected chi connectivity index (χ2v) is 7.64. The fourth-order valence-electron chi connectivity index (χ4n) is 1.65. The van der Waals surface area contributed by atoms with Crippen LogP contribution in [0.2, 0.25) is 0 Å². The zero-order valence-corrected chi connectivity index (χ0v) is 13.1. The van der Waals surface area contributed by atoms with Crippen molar-refractivity contribution in [2.24, 2.45) is 0 Å². The minimum Gasteiger partial charge on any atom is -0.383 e. The van der Waals surface area contributed by atoms with Crippen molar-refractivity contribution in [3.8, 4) is 0 Å². The van der Waals surface area contributed by atoms with Gasteiger partial charge in [0, 0.05) is 20.7 Å². The third kappa shape index (κ3) is 4.03. The molecule has 0 unspecified atom stereocenters. The zero-order chi connectivity index (χ0) is 14.7. The molecule has 0 radical (unpaired) electrons. The van der Waals surface area contributed by atoms with Crippen molar-refractivity contribution in [3.63, 3.8) is 0 Å². The molecule has 0 bridgehead atoms. The van der Waals surface area contributed by atoms with Gasteiger partial charge in [-0.05, 0) is 23.1 Å². The average molecular weight is 285 g/mol. The lowest BCUT2D eigenvalue weighted by Crippen LogP contribution is -2.30. The molecule has 0 saturated heterocycles. The van der Waals surface area contributed by atoms with Crippen LogP contribution in [0.15, 0.2) is 29.2 Å². The summed E-state index contributed by atoms with van der Waals surface area (Å²) in [6.45, 7) is 7.03. The van der Waals surface area contributed by atoms with Crippen molar-refractivity contribution in [1.29, 1.82) is 0 Å². The molecule has 0 spiro atoms. The van der Waals surface area contributed by atoms with Crippen LogP contribution >= 0.6 is 0 Å². The Hall–Kier alpha value is -0.910. The molecule has 0 atom stereocenters. The van der Waals surface area contributed by atoms with Gasteiger partial charge in [-0.2, -0.15) is 4.31 Å². The van der Waals surface area contributed by atoms with Crippen molar-refractivity contribution in [2.45, 2.75) is 31.1 Å². The molecule has 0 aromatic heterocycles. The highest BCUT2D eigenvalue weighted by molar-refractivity contribution is 7.89. The number of rotatable bonds is 5. The predicted octanol–water partition coefficient (Wildman–Crippen LogP) is 2.25. The van der Waals surface area contributed by atoms with Gasteiger partial charge in [-0.25, -0.2) is 8.42 Å². The summed E-state index contributed by atoms with van der Waals surface area (Å²) in [4.78, 5) is 0.319. The van der Waals surface area contributed by atoms with Crippen molar-refractivity contribution in [1.82, 2.24) is 4.31 Å². The summed E-state index contributed by atoms with van der Waals surface area (Å²) in [6, 6.07) is 7.08. The highest BCUT2D eigenvalue weighted by atomic mass is 32.2. The first-order valence-electron chi connectivity index (χ1n) is 6.25. The average Bonchev–Trinajstić information content (AvgIpc) is 2.35. The van der Waals surface area contributed by atoms with Gasteiger partial charge in [0.25, 0.3) is 0 Å². The molecule has 0 saturated carbocycles. The SMILES string of the molecule is COCCN(C)S(=O)(=O)c1ccc(C(C)(C)C)cc1. The first-order chi connectivity index (χ1) is 8.69. The number of hydrogen-bond donors (Lipinski definition) is 0. The summed E-state index contributed by atoms with van der Waals surface area (Å²) in [5.41, 5.74) is 1.13. The van der Waals surface area contributed by atoms with Gasteiger partial charge in [-0.15, -0.1) is 0 Å². The molecule has 0 N–H and O–H groups in total. The monoisotopic (exact) mass is 285 g/mol. The lowest BCUT2D eigenvalue weighted by atomic mass is 9.87. The molecular formula is C14H23NO3S. The van der Waals surface area contributed by atoms with Gasteiger partial charge in [-0.1, -0.05) is 32.9 Å². The molecule has 108 valence electrons. The minimum atomic E-state index is -3.42. The molecule has 1 rings (SSSR count). The van der Waals surface area contributed by atoms with Crippen LogP contribution in [0.25, 0.3) is 0 Å². The number of nitrogens with zero attached hydrogens (tertiary/aromatic N) is 1. The Bertz CT molecular complexity index is 500. The zero-order valence-electron chi connectivity index (χ0n) is 12.3. The number of ether oxygens (including phenoxy) is 1. The summed E-state index contributed by atoms with van der Waals surface area (Å²) in [7, 11) is -0.304.